The predicted molar refractivity (Wildman–Crippen MR) is 56.6 cm³/mol. The quantitative estimate of drug-likeness (QED) is 0.599. The normalized spacial score (nSPS) is 11.8. The molecule has 1 aromatic carbocycles. The van der Waals surface area contributed by atoms with Gasteiger partial charge >= 0.3 is 6.18 Å². The molecule has 0 spiro atoms. The molecule has 0 aliphatic rings. The lowest BCUT2D eigenvalue weighted by molar-refractivity contribution is -0.138. The fourth-order valence-electron chi connectivity index (χ4n) is 1.00. The minimum atomic E-state index is -4.29. The molecular weight excluding hydrogens is 360 g/mol. The van der Waals surface area contributed by atoms with E-state index in [0.29, 0.717) is 3.57 Å². The Morgan fingerprint density at radius 3 is 2.23 bits per heavy atom. The number of alkyl halides is 3. The van der Waals surface area contributed by atoms with Crippen LogP contribution in [0.1, 0.15) is 11.1 Å². The summed E-state index contributed by atoms with van der Waals surface area (Å²) < 4.78 is 38.1. The van der Waals surface area contributed by atoms with E-state index in [1.165, 1.54) is 13.0 Å². The van der Waals surface area contributed by atoms with Gasteiger partial charge in [0.2, 0.25) is 0 Å². The maximum Gasteiger partial charge on any atom is 0.417 e. The molecule has 0 aliphatic carbocycles. The Kier molecular flexibility index (Phi) is 3.27. The molecule has 0 heterocycles. The van der Waals surface area contributed by atoms with Gasteiger partial charge in [-0.1, -0.05) is 15.9 Å². The monoisotopic (exact) mass is 364 g/mol. The molecule has 1 aromatic rings. The summed E-state index contributed by atoms with van der Waals surface area (Å²) in [6.07, 6.45) is -4.29. The van der Waals surface area contributed by atoms with Gasteiger partial charge in [-0.15, -0.1) is 0 Å². The van der Waals surface area contributed by atoms with E-state index in [1.807, 2.05) is 22.6 Å². The van der Waals surface area contributed by atoms with Crippen LogP contribution in [0.5, 0.6) is 0 Å². The summed E-state index contributed by atoms with van der Waals surface area (Å²) >= 11 is 4.78. The first-order chi connectivity index (χ1) is 5.84. The van der Waals surface area contributed by atoms with E-state index >= 15 is 0 Å². The van der Waals surface area contributed by atoms with E-state index in [0.717, 1.165) is 0 Å². The zero-order valence-corrected chi connectivity index (χ0v) is 10.3. The Morgan fingerprint density at radius 2 is 1.85 bits per heavy atom. The first-order valence-electron chi connectivity index (χ1n) is 3.36. The summed E-state index contributed by atoms with van der Waals surface area (Å²) in [5.74, 6) is 0. The molecule has 0 saturated carbocycles. The minimum Gasteiger partial charge on any atom is -0.166 e. The first kappa shape index (κ1) is 11.3. The summed E-state index contributed by atoms with van der Waals surface area (Å²) in [7, 11) is 0. The second-order valence-corrected chi connectivity index (χ2v) is 4.54. The largest absolute Gasteiger partial charge is 0.417 e. The maximum atomic E-state index is 12.5. The van der Waals surface area contributed by atoms with Gasteiger partial charge in [0.1, 0.15) is 0 Å². The van der Waals surface area contributed by atoms with Crippen molar-refractivity contribution in [3.63, 3.8) is 0 Å². The molecule has 0 nitrogen and oxygen atoms in total. The summed E-state index contributed by atoms with van der Waals surface area (Å²) in [5.41, 5.74) is -0.318. The third kappa shape index (κ3) is 2.37. The molecular formula is C8H5BrF3I. The van der Waals surface area contributed by atoms with Gasteiger partial charge in [0, 0.05) is 8.04 Å². The molecule has 0 amide bonds. The summed E-state index contributed by atoms with van der Waals surface area (Å²) in [4.78, 5) is 0. The smallest absolute Gasteiger partial charge is 0.166 e. The highest BCUT2D eigenvalue weighted by molar-refractivity contribution is 14.1. The van der Waals surface area contributed by atoms with Crippen LogP contribution in [-0.2, 0) is 6.18 Å². The van der Waals surface area contributed by atoms with Crippen LogP contribution in [0.2, 0.25) is 0 Å². The molecule has 0 aliphatic heterocycles. The predicted octanol–water partition coefficient (Wildman–Crippen LogP) is 4.38. The Hall–Kier alpha value is 0.220. The van der Waals surface area contributed by atoms with Crippen LogP contribution in [0.25, 0.3) is 0 Å². The zero-order chi connectivity index (χ0) is 10.2. The summed E-state index contributed by atoms with van der Waals surface area (Å²) in [6.45, 7) is 1.47. The summed E-state index contributed by atoms with van der Waals surface area (Å²) in [5, 5.41) is 0. The number of rotatable bonds is 0. The van der Waals surface area contributed by atoms with Crippen molar-refractivity contribution in [2.45, 2.75) is 13.1 Å². The van der Waals surface area contributed by atoms with Gasteiger partial charge in [0.05, 0.1) is 5.56 Å². The fraction of sp³-hybridized carbons (Fsp3) is 0.250. The van der Waals surface area contributed by atoms with Crippen molar-refractivity contribution >= 4 is 38.5 Å². The second-order valence-electron chi connectivity index (χ2n) is 2.53. The number of benzene rings is 1. The van der Waals surface area contributed by atoms with Crippen molar-refractivity contribution in [3.8, 4) is 0 Å². The van der Waals surface area contributed by atoms with E-state index < -0.39 is 11.7 Å². The van der Waals surface area contributed by atoms with Crippen molar-refractivity contribution < 1.29 is 13.2 Å². The van der Waals surface area contributed by atoms with Crippen molar-refractivity contribution in [2.24, 2.45) is 0 Å². The average molecular weight is 365 g/mol. The third-order valence-electron chi connectivity index (χ3n) is 1.63. The highest BCUT2D eigenvalue weighted by Gasteiger charge is 2.35. The number of halogens is 5. The number of hydrogen-bond donors (Lipinski definition) is 0. The molecule has 0 bridgehead atoms. The molecule has 0 N–H and O–H groups in total. The van der Waals surface area contributed by atoms with Crippen LogP contribution < -0.4 is 0 Å². The lowest BCUT2D eigenvalue weighted by atomic mass is 10.1. The highest BCUT2D eigenvalue weighted by atomic mass is 127. The van der Waals surface area contributed by atoms with Gasteiger partial charge < -0.3 is 0 Å². The van der Waals surface area contributed by atoms with Crippen molar-refractivity contribution in [1.82, 2.24) is 0 Å². The topological polar surface area (TPSA) is 0 Å². The van der Waals surface area contributed by atoms with Gasteiger partial charge in [-0.3, -0.25) is 0 Å². The van der Waals surface area contributed by atoms with E-state index in [4.69, 9.17) is 0 Å². The van der Waals surface area contributed by atoms with Gasteiger partial charge in [0.25, 0.3) is 0 Å². The molecule has 0 saturated heterocycles. The molecule has 0 unspecified atom stereocenters. The highest BCUT2D eigenvalue weighted by Crippen LogP contribution is 2.38. The molecule has 0 aromatic heterocycles. The molecule has 13 heavy (non-hydrogen) atoms. The van der Waals surface area contributed by atoms with Crippen LogP contribution in [0.15, 0.2) is 16.6 Å². The Morgan fingerprint density at radius 1 is 1.31 bits per heavy atom. The minimum absolute atomic E-state index is 0.0953. The Labute approximate surface area is 95.8 Å². The average Bonchev–Trinajstić information content (AvgIpc) is 1.95. The van der Waals surface area contributed by atoms with Gasteiger partial charge in [-0.05, 0) is 47.2 Å². The van der Waals surface area contributed by atoms with E-state index in [1.54, 1.807) is 6.07 Å². The Bertz CT molecular complexity index is 333. The lowest BCUT2D eigenvalue weighted by Gasteiger charge is -2.13. The SMILES string of the molecule is Cc1c(I)ccc(Br)c1C(F)(F)F. The van der Waals surface area contributed by atoms with Crippen molar-refractivity contribution in [3.05, 3.63) is 31.3 Å². The van der Waals surface area contributed by atoms with Crippen molar-refractivity contribution in [1.29, 1.82) is 0 Å². The zero-order valence-electron chi connectivity index (χ0n) is 6.54. The third-order valence-corrected chi connectivity index (χ3v) is 3.46. The molecule has 72 valence electrons. The summed E-state index contributed by atoms with van der Waals surface area (Å²) in [6, 6.07) is 3.06. The molecule has 0 atom stereocenters. The van der Waals surface area contributed by atoms with Gasteiger partial charge in [-0.2, -0.15) is 13.2 Å². The molecule has 5 heteroatoms. The molecule has 1 rings (SSSR count). The second kappa shape index (κ2) is 3.76. The lowest BCUT2D eigenvalue weighted by Crippen LogP contribution is -2.09. The van der Waals surface area contributed by atoms with E-state index in [2.05, 4.69) is 15.9 Å². The number of hydrogen-bond acceptors (Lipinski definition) is 0. The Balaban J connectivity index is 3.43. The van der Waals surface area contributed by atoms with Crippen LogP contribution in [0.4, 0.5) is 13.2 Å². The van der Waals surface area contributed by atoms with E-state index in [9.17, 15) is 13.2 Å². The maximum absolute atomic E-state index is 12.5. The van der Waals surface area contributed by atoms with Crippen LogP contribution in [0, 0.1) is 10.5 Å². The van der Waals surface area contributed by atoms with Crippen molar-refractivity contribution in [2.75, 3.05) is 0 Å². The first-order valence-corrected chi connectivity index (χ1v) is 5.23. The molecule has 0 fully saturated rings. The van der Waals surface area contributed by atoms with E-state index in [-0.39, 0.29) is 10.0 Å². The molecule has 0 radical (unpaired) electrons. The van der Waals surface area contributed by atoms with Gasteiger partial charge in [-0.25, -0.2) is 0 Å². The fourth-order valence-corrected chi connectivity index (χ4v) is 2.11. The van der Waals surface area contributed by atoms with Crippen LogP contribution in [-0.4, -0.2) is 0 Å². The van der Waals surface area contributed by atoms with Gasteiger partial charge in [0.15, 0.2) is 0 Å². The standard InChI is InChI=1S/C8H5BrF3I/c1-4-6(13)3-2-5(9)7(4)8(10,11)12/h2-3H,1H3. The van der Waals surface area contributed by atoms with Crippen LogP contribution >= 0.6 is 38.5 Å². The van der Waals surface area contributed by atoms with Crippen LogP contribution in [0.3, 0.4) is 0 Å².